The quantitative estimate of drug-likeness (QED) is 0.905. The smallest absolute Gasteiger partial charge is 0.308 e. The van der Waals surface area contributed by atoms with Crippen LogP contribution in [0.4, 0.5) is 0 Å². The normalized spacial score (nSPS) is 18.9. The number of imidazole rings is 1. The lowest BCUT2D eigenvalue weighted by atomic mass is 10.1. The first-order valence-corrected chi connectivity index (χ1v) is 6.45. The third-order valence-electron chi connectivity index (χ3n) is 3.73. The molecule has 2 aromatic rings. The average molecular weight is 273 g/mol. The first kappa shape index (κ1) is 12.7. The fourth-order valence-electron chi connectivity index (χ4n) is 2.59. The van der Waals surface area contributed by atoms with Gasteiger partial charge in [0.05, 0.1) is 23.3 Å². The number of fused-ring (bicyclic) bond motifs is 1. The summed E-state index contributed by atoms with van der Waals surface area (Å²) in [7, 11) is 1.93. The molecule has 1 saturated heterocycles. The predicted molar refractivity (Wildman–Crippen MR) is 71.9 cm³/mol. The lowest BCUT2D eigenvalue weighted by molar-refractivity contribution is -0.141. The van der Waals surface area contributed by atoms with E-state index in [4.69, 9.17) is 5.11 Å². The molecule has 1 aliphatic rings. The summed E-state index contributed by atoms with van der Waals surface area (Å²) in [5, 5.41) is 8.97. The van der Waals surface area contributed by atoms with Gasteiger partial charge in [0, 0.05) is 26.6 Å². The standard InChI is InChI=1S/C14H15N3O3/c1-16-8-15-11-4-9(2-3-12(11)16)6-17-7-10(14(19)20)5-13(17)18/h2-4,8,10H,5-7H2,1H3,(H,19,20). The van der Waals surface area contributed by atoms with Crippen LogP contribution in [0.25, 0.3) is 11.0 Å². The summed E-state index contributed by atoms with van der Waals surface area (Å²) in [6, 6.07) is 5.86. The molecule has 1 fully saturated rings. The van der Waals surface area contributed by atoms with Crippen molar-refractivity contribution >= 4 is 22.9 Å². The van der Waals surface area contributed by atoms with Crippen LogP contribution >= 0.6 is 0 Å². The Morgan fingerprint density at radius 2 is 2.30 bits per heavy atom. The number of aliphatic carboxylic acids is 1. The van der Waals surface area contributed by atoms with E-state index in [2.05, 4.69) is 4.98 Å². The fourth-order valence-corrected chi connectivity index (χ4v) is 2.59. The van der Waals surface area contributed by atoms with E-state index >= 15 is 0 Å². The summed E-state index contributed by atoms with van der Waals surface area (Å²) >= 11 is 0. The number of carboxylic acid groups (broad SMARTS) is 1. The molecule has 1 amide bonds. The Balaban J connectivity index is 1.79. The first-order valence-electron chi connectivity index (χ1n) is 6.45. The van der Waals surface area contributed by atoms with Crippen LogP contribution in [-0.2, 0) is 23.2 Å². The van der Waals surface area contributed by atoms with E-state index in [1.54, 1.807) is 11.2 Å². The third-order valence-corrected chi connectivity index (χ3v) is 3.73. The second kappa shape index (κ2) is 4.63. The summed E-state index contributed by atoms with van der Waals surface area (Å²) in [6.07, 6.45) is 1.84. The van der Waals surface area contributed by atoms with E-state index in [-0.39, 0.29) is 18.9 Å². The molecule has 1 aromatic carbocycles. The highest BCUT2D eigenvalue weighted by Gasteiger charge is 2.34. The number of carbonyl (C=O) groups is 2. The number of nitrogens with zero attached hydrogens (tertiary/aromatic N) is 3. The number of carboxylic acids is 1. The van der Waals surface area contributed by atoms with E-state index in [1.807, 2.05) is 29.8 Å². The minimum Gasteiger partial charge on any atom is -0.481 e. The number of likely N-dealkylation sites (tertiary alicyclic amines) is 1. The van der Waals surface area contributed by atoms with Crippen molar-refractivity contribution in [2.45, 2.75) is 13.0 Å². The number of carbonyl (C=O) groups excluding carboxylic acids is 1. The second-order valence-electron chi connectivity index (χ2n) is 5.19. The molecule has 1 aromatic heterocycles. The van der Waals surface area contributed by atoms with E-state index in [9.17, 15) is 9.59 Å². The number of amides is 1. The Labute approximate surface area is 115 Å². The molecule has 0 bridgehead atoms. The molecule has 1 atom stereocenters. The molecule has 3 rings (SSSR count). The number of aromatic nitrogens is 2. The average Bonchev–Trinajstić information content (AvgIpc) is 2.95. The first-order chi connectivity index (χ1) is 9.54. The number of hydrogen-bond donors (Lipinski definition) is 1. The van der Waals surface area contributed by atoms with Gasteiger partial charge in [-0.25, -0.2) is 4.98 Å². The summed E-state index contributed by atoms with van der Waals surface area (Å²) in [5.41, 5.74) is 2.88. The SMILES string of the molecule is Cn1cnc2cc(CN3CC(C(=O)O)CC3=O)ccc21. The zero-order valence-electron chi connectivity index (χ0n) is 11.1. The molecule has 0 saturated carbocycles. The molecule has 104 valence electrons. The topological polar surface area (TPSA) is 75.4 Å². The molecule has 20 heavy (non-hydrogen) atoms. The van der Waals surface area contributed by atoms with Crippen molar-refractivity contribution < 1.29 is 14.7 Å². The van der Waals surface area contributed by atoms with E-state index in [0.29, 0.717) is 6.54 Å². The minimum atomic E-state index is -0.902. The van der Waals surface area contributed by atoms with E-state index in [1.165, 1.54) is 0 Å². The maximum absolute atomic E-state index is 11.8. The number of benzene rings is 1. The predicted octanol–water partition coefficient (Wildman–Crippen LogP) is 1.01. The molecule has 0 radical (unpaired) electrons. The number of hydrogen-bond acceptors (Lipinski definition) is 3. The van der Waals surface area contributed by atoms with Gasteiger partial charge < -0.3 is 14.6 Å². The van der Waals surface area contributed by atoms with Crippen molar-refractivity contribution in [1.82, 2.24) is 14.5 Å². The Morgan fingerprint density at radius 3 is 3.00 bits per heavy atom. The maximum Gasteiger partial charge on any atom is 0.308 e. The Morgan fingerprint density at radius 1 is 1.50 bits per heavy atom. The zero-order chi connectivity index (χ0) is 14.3. The highest BCUT2D eigenvalue weighted by Crippen LogP contribution is 2.22. The molecule has 6 nitrogen and oxygen atoms in total. The molecule has 0 spiro atoms. The van der Waals surface area contributed by atoms with Gasteiger partial charge in [0.25, 0.3) is 0 Å². The highest BCUT2D eigenvalue weighted by molar-refractivity contribution is 5.86. The van der Waals surface area contributed by atoms with Gasteiger partial charge in [-0.15, -0.1) is 0 Å². The van der Waals surface area contributed by atoms with Crippen LogP contribution in [0.15, 0.2) is 24.5 Å². The highest BCUT2D eigenvalue weighted by atomic mass is 16.4. The number of aryl methyl sites for hydroxylation is 1. The van der Waals surface area contributed by atoms with Crippen LogP contribution in [0.2, 0.25) is 0 Å². The van der Waals surface area contributed by atoms with Crippen molar-refractivity contribution in [3.05, 3.63) is 30.1 Å². The molecule has 0 aliphatic carbocycles. The third kappa shape index (κ3) is 2.13. The van der Waals surface area contributed by atoms with Gasteiger partial charge in [0.1, 0.15) is 0 Å². The molecule has 6 heteroatoms. The molecule has 2 heterocycles. The summed E-state index contributed by atoms with van der Waals surface area (Å²) in [6.45, 7) is 0.726. The van der Waals surface area contributed by atoms with Gasteiger partial charge in [-0.2, -0.15) is 0 Å². The maximum atomic E-state index is 11.8. The summed E-state index contributed by atoms with van der Waals surface area (Å²) < 4.78 is 1.93. The van der Waals surface area contributed by atoms with Crippen molar-refractivity contribution in [2.75, 3.05) is 6.54 Å². The Bertz CT molecular complexity index is 692. The molecular weight excluding hydrogens is 258 g/mol. The van der Waals surface area contributed by atoms with Crippen LogP contribution in [0, 0.1) is 5.92 Å². The minimum absolute atomic E-state index is 0.0984. The lowest BCUT2D eigenvalue weighted by Crippen LogP contribution is -2.25. The van der Waals surface area contributed by atoms with Crippen LogP contribution in [0.1, 0.15) is 12.0 Å². The van der Waals surface area contributed by atoms with Crippen molar-refractivity contribution in [3.63, 3.8) is 0 Å². The van der Waals surface area contributed by atoms with Gasteiger partial charge in [-0.3, -0.25) is 9.59 Å². The molecule has 1 aliphatic heterocycles. The Kier molecular flexibility index (Phi) is 2.93. The lowest BCUT2D eigenvalue weighted by Gasteiger charge is -2.16. The van der Waals surface area contributed by atoms with E-state index in [0.717, 1.165) is 16.6 Å². The van der Waals surface area contributed by atoms with Crippen molar-refractivity contribution in [1.29, 1.82) is 0 Å². The fraction of sp³-hybridized carbons (Fsp3) is 0.357. The molecular formula is C14H15N3O3. The van der Waals surface area contributed by atoms with Gasteiger partial charge >= 0.3 is 5.97 Å². The van der Waals surface area contributed by atoms with Gasteiger partial charge in [-0.05, 0) is 17.7 Å². The number of rotatable bonds is 3. The summed E-state index contributed by atoms with van der Waals surface area (Å²) in [4.78, 5) is 28.6. The van der Waals surface area contributed by atoms with E-state index < -0.39 is 11.9 Å². The monoisotopic (exact) mass is 273 g/mol. The van der Waals surface area contributed by atoms with Crippen LogP contribution in [-0.4, -0.2) is 38.0 Å². The largest absolute Gasteiger partial charge is 0.481 e. The van der Waals surface area contributed by atoms with Gasteiger partial charge in [0.15, 0.2) is 0 Å². The van der Waals surface area contributed by atoms with Gasteiger partial charge in [0.2, 0.25) is 5.91 Å². The second-order valence-corrected chi connectivity index (χ2v) is 5.19. The van der Waals surface area contributed by atoms with Crippen molar-refractivity contribution in [3.8, 4) is 0 Å². The van der Waals surface area contributed by atoms with Crippen LogP contribution in [0.5, 0.6) is 0 Å². The molecule has 1 N–H and O–H groups in total. The zero-order valence-corrected chi connectivity index (χ0v) is 11.1. The molecule has 1 unspecified atom stereocenters. The van der Waals surface area contributed by atoms with Crippen molar-refractivity contribution in [2.24, 2.45) is 13.0 Å². The van der Waals surface area contributed by atoms with Gasteiger partial charge in [-0.1, -0.05) is 6.07 Å². The van der Waals surface area contributed by atoms with Crippen LogP contribution in [0.3, 0.4) is 0 Å². The summed E-state index contributed by atoms with van der Waals surface area (Å²) in [5.74, 6) is -1.58. The van der Waals surface area contributed by atoms with Crippen LogP contribution < -0.4 is 0 Å². The Hall–Kier alpha value is -2.37.